The highest BCUT2D eigenvalue weighted by atomic mass is 35.5. The molecule has 1 amide bonds. The van der Waals surface area contributed by atoms with Gasteiger partial charge in [0.2, 0.25) is 0 Å². The van der Waals surface area contributed by atoms with Gasteiger partial charge in [0.15, 0.2) is 6.61 Å². The van der Waals surface area contributed by atoms with Crippen LogP contribution in [0.25, 0.3) is 0 Å². The molecule has 0 spiro atoms. The number of aromatic hydroxyl groups is 1. The van der Waals surface area contributed by atoms with Crippen LogP contribution in [0.5, 0.6) is 5.75 Å². The van der Waals surface area contributed by atoms with Gasteiger partial charge < -0.3 is 15.2 Å². The lowest BCUT2D eigenvalue weighted by atomic mass is 10.2. The van der Waals surface area contributed by atoms with Crippen molar-refractivity contribution in [2.24, 2.45) is 0 Å². The van der Waals surface area contributed by atoms with Gasteiger partial charge in [-0.2, -0.15) is 0 Å². The monoisotopic (exact) mass is 319 g/mol. The zero-order chi connectivity index (χ0) is 15.9. The molecule has 0 saturated carbocycles. The highest BCUT2D eigenvalue weighted by Crippen LogP contribution is 2.22. The molecule has 0 aliphatic carbocycles. The number of carbonyl (C=O) groups excluding carboxylic acids is 2. The maximum atomic E-state index is 11.8. The zero-order valence-corrected chi connectivity index (χ0v) is 12.3. The Hall–Kier alpha value is -2.53. The number of hydrogen-bond donors (Lipinski definition) is 2. The third-order valence-electron chi connectivity index (χ3n) is 2.85. The molecule has 0 aromatic heterocycles. The van der Waals surface area contributed by atoms with Gasteiger partial charge in [0.05, 0.1) is 0 Å². The maximum absolute atomic E-state index is 11.8. The summed E-state index contributed by atoms with van der Waals surface area (Å²) >= 11 is 5.67. The molecule has 0 radical (unpaired) electrons. The number of halogens is 1. The second-order valence-electron chi connectivity index (χ2n) is 4.50. The number of carbonyl (C=O) groups is 2. The molecule has 114 valence electrons. The number of ether oxygens (including phenoxy) is 1. The van der Waals surface area contributed by atoms with Crippen LogP contribution in [-0.2, 0) is 16.1 Å². The molecule has 0 aliphatic heterocycles. The lowest BCUT2D eigenvalue weighted by Gasteiger charge is -2.07. The maximum Gasteiger partial charge on any atom is 0.342 e. The molecule has 2 rings (SSSR count). The van der Waals surface area contributed by atoms with E-state index in [1.54, 1.807) is 0 Å². The van der Waals surface area contributed by atoms with Crippen LogP contribution in [0.1, 0.15) is 15.9 Å². The van der Waals surface area contributed by atoms with E-state index in [4.69, 9.17) is 16.3 Å². The first-order valence-corrected chi connectivity index (χ1v) is 6.90. The van der Waals surface area contributed by atoms with Crippen molar-refractivity contribution in [1.82, 2.24) is 5.32 Å². The second-order valence-corrected chi connectivity index (χ2v) is 4.94. The summed E-state index contributed by atoms with van der Waals surface area (Å²) in [5, 5.41) is 12.5. The summed E-state index contributed by atoms with van der Waals surface area (Å²) in [5.41, 5.74) is 0.901. The molecule has 0 aliphatic rings. The van der Waals surface area contributed by atoms with E-state index in [9.17, 15) is 14.7 Å². The van der Waals surface area contributed by atoms with Gasteiger partial charge >= 0.3 is 5.97 Å². The van der Waals surface area contributed by atoms with Gasteiger partial charge in [0, 0.05) is 11.6 Å². The Bertz CT molecular complexity index is 673. The molecular weight excluding hydrogens is 306 g/mol. The van der Waals surface area contributed by atoms with E-state index in [0.29, 0.717) is 11.6 Å². The van der Waals surface area contributed by atoms with Gasteiger partial charge in [0.25, 0.3) is 5.91 Å². The molecule has 0 fully saturated rings. The van der Waals surface area contributed by atoms with Crippen LogP contribution in [0.15, 0.2) is 48.5 Å². The molecule has 2 N–H and O–H groups in total. The quantitative estimate of drug-likeness (QED) is 0.830. The smallest absolute Gasteiger partial charge is 0.342 e. The van der Waals surface area contributed by atoms with E-state index in [0.717, 1.165) is 5.56 Å². The number of phenols is 1. The summed E-state index contributed by atoms with van der Waals surface area (Å²) in [6.07, 6.45) is 0. The summed E-state index contributed by atoms with van der Waals surface area (Å²) in [6, 6.07) is 13.4. The molecule has 0 unspecified atom stereocenters. The molecule has 0 heterocycles. The Labute approximate surface area is 132 Å². The molecule has 0 saturated heterocycles. The van der Waals surface area contributed by atoms with Crippen LogP contribution >= 0.6 is 11.6 Å². The van der Waals surface area contributed by atoms with Gasteiger partial charge in [-0.3, -0.25) is 4.79 Å². The fourth-order valence-electron chi connectivity index (χ4n) is 1.73. The molecule has 0 bridgehead atoms. The number of nitrogens with one attached hydrogen (secondary N) is 1. The lowest BCUT2D eigenvalue weighted by Crippen LogP contribution is -2.28. The van der Waals surface area contributed by atoms with Gasteiger partial charge in [-0.1, -0.05) is 41.9 Å². The van der Waals surface area contributed by atoms with E-state index < -0.39 is 18.5 Å². The highest BCUT2D eigenvalue weighted by Gasteiger charge is 2.14. The third-order valence-corrected chi connectivity index (χ3v) is 3.08. The first-order chi connectivity index (χ1) is 10.6. The Morgan fingerprint density at radius 2 is 1.86 bits per heavy atom. The fraction of sp³-hybridized carbons (Fsp3) is 0.125. The second kappa shape index (κ2) is 7.47. The number of rotatable bonds is 5. The van der Waals surface area contributed by atoms with Crippen molar-refractivity contribution >= 4 is 23.5 Å². The number of phenolic OH excluding ortho intramolecular Hbond substituents is 1. The van der Waals surface area contributed by atoms with Gasteiger partial charge in [-0.05, 0) is 23.8 Å². The Balaban J connectivity index is 1.82. The number of benzene rings is 2. The minimum Gasteiger partial charge on any atom is -0.507 e. The normalized spacial score (nSPS) is 10.0. The summed E-state index contributed by atoms with van der Waals surface area (Å²) in [6.45, 7) is -0.0723. The topological polar surface area (TPSA) is 75.6 Å². The summed E-state index contributed by atoms with van der Waals surface area (Å²) in [7, 11) is 0. The summed E-state index contributed by atoms with van der Waals surface area (Å²) in [5.74, 6) is -1.50. The minimum absolute atomic E-state index is 0.0414. The Kier molecular flexibility index (Phi) is 5.38. The van der Waals surface area contributed by atoms with Crippen LogP contribution in [0, 0.1) is 0 Å². The van der Waals surface area contributed by atoms with Crippen molar-refractivity contribution in [1.29, 1.82) is 0 Å². The van der Waals surface area contributed by atoms with Crippen LogP contribution < -0.4 is 5.32 Å². The predicted octanol–water partition coefficient (Wildman–Crippen LogP) is 2.52. The number of esters is 1. The SMILES string of the molecule is O=C(COC(=O)c1ccc(Cl)cc1O)NCc1ccccc1. The van der Waals surface area contributed by atoms with Crippen LogP contribution in [0.2, 0.25) is 5.02 Å². The molecule has 0 atom stereocenters. The predicted molar refractivity (Wildman–Crippen MR) is 81.7 cm³/mol. The van der Waals surface area contributed by atoms with Gasteiger partial charge in [0.1, 0.15) is 11.3 Å². The molecule has 6 heteroatoms. The van der Waals surface area contributed by atoms with E-state index in [1.807, 2.05) is 30.3 Å². The van der Waals surface area contributed by atoms with Crippen molar-refractivity contribution in [3.8, 4) is 5.75 Å². The van der Waals surface area contributed by atoms with Crippen molar-refractivity contribution in [2.45, 2.75) is 6.54 Å². The molecule has 2 aromatic carbocycles. The first-order valence-electron chi connectivity index (χ1n) is 6.52. The zero-order valence-electron chi connectivity index (χ0n) is 11.6. The van der Waals surface area contributed by atoms with Crippen LogP contribution in [-0.4, -0.2) is 23.6 Å². The number of amides is 1. The molecular formula is C16H14ClNO4. The molecule has 5 nitrogen and oxygen atoms in total. The van der Waals surface area contributed by atoms with E-state index in [-0.39, 0.29) is 11.3 Å². The lowest BCUT2D eigenvalue weighted by molar-refractivity contribution is -0.124. The average Bonchev–Trinajstić information content (AvgIpc) is 2.51. The standard InChI is InChI=1S/C16H14ClNO4/c17-12-6-7-13(14(19)8-12)16(21)22-10-15(20)18-9-11-4-2-1-3-5-11/h1-8,19H,9-10H2,(H,18,20). The first kappa shape index (κ1) is 15.9. The number of hydrogen-bond acceptors (Lipinski definition) is 4. The Morgan fingerprint density at radius 3 is 2.55 bits per heavy atom. The van der Waals surface area contributed by atoms with E-state index in [2.05, 4.69) is 5.32 Å². The summed E-state index contributed by atoms with van der Waals surface area (Å²) < 4.78 is 4.84. The minimum atomic E-state index is -0.788. The summed E-state index contributed by atoms with van der Waals surface area (Å²) in [4.78, 5) is 23.4. The van der Waals surface area contributed by atoms with Gasteiger partial charge in [-0.25, -0.2) is 4.79 Å². The van der Waals surface area contributed by atoms with Crippen molar-refractivity contribution in [3.63, 3.8) is 0 Å². The van der Waals surface area contributed by atoms with Crippen molar-refractivity contribution < 1.29 is 19.4 Å². The molecule has 22 heavy (non-hydrogen) atoms. The van der Waals surface area contributed by atoms with Crippen LogP contribution in [0.4, 0.5) is 0 Å². The van der Waals surface area contributed by atoms with Crippen molar-refractivity contribution in [2.75, 3.05) is 6.61 Å². The Morgan fingerprint density at radius 1 is 1.14 bits per heavy atom. The fourth-order valence-corrected chi connectivity index (χ4v) is 1.90. The largest absolute Gasteiger partial charge is 0.507 e. The molecule has 2 aromatic rings. The average molecular weight is 320 g/mol. The van der Waals surface area contributed by atoms with E-state index in [1.165, 1.54) is 18.2 Å². The van der Waals surface area contributed by atoms with Crippen LogP contribution in [0.3, 0.4) is 0 Å². The third kappa shape index (κ3) is 4.49. The van der Waals surface area contributed by atoms with E-state index >= 15 is 0 Å². The highest BCUT2D eigenvalue weighted by molar-refractivity contribution is 6.30. The van der Waals surface area contributed by atoms with Gasteiger partial charge in [-0.15, -0.1) is 0 Å². The van der Waals surface area contributed by atoms with Crippen molar-refractivity contribution in [3.05, 3.63) is 64.7 Å².